The maximum atomic E-state index is 11.1. The molecule has 0 unspecified atom stereocenters. The van der Waals surface area contributed by atoms with Gasteiger partial charge in [0.25, 0.3) is 0 Å². The van der Waals surface area contributed by atoms with E-state index in [0.29, 0.717) is 0 Å². The van der Waals surface area contributed by atoms with Gasteiger partial charge in [0.15, 0.2) is 0 Å². The van der Waals surface area contributed by atoms with Gasteiger partial charge in [0, 0.05) is 0 Å². The van der Waals surface area contributed by atoms with Gasteiger partial charge in [-0.1, -0.05) is 6.07 Å². The predicted octanol–water partition coefficient (Wildman–Crippen LogP) is 0.825. The van der Waals surface area contributed by atoms with Crippen LogP contribution >= 0.6 is 11.3 Å². The molecule has 0 spiro atoms. The third-order valence-electron chi connectivity index (χ3n) is 1.01. The Kier molecular flexibility index (Phi) is 5.64. The van der Waals surface area contributed by atoms with E-state index < -0.39 is 10.1 Å². The van der Waals surface area contributed by atoms with Crippen molar-refractivity contribution in [2.24, 2.45) is 0 Å². The van der Waals surface area contributed by atoms with Crippen LogP contribution in [0.5, 0.6) is 0 Å². The molecule has 0 fully saturated rings. The second-order valence-electron chi connectivity index (χ2n) is 1.79. The van der Waals surface area contributed by atoms with E-state index in [9.17, 15) is 8.42 Å². The quantitative estimate of drug-likeness (QED) is 0.555. The van der Waals surface area contributed by atoms with Crippen molar-refractivity contribution in [1.82, 2.24) is 0 Å². The Bertz CT molecular complexity index is 304. The van der Waals surface area contributed by atoms with Crippen molar-refractivity contribution in [2.75, 3.05) is 6.61 Å². The van der Waals surface area contributed by atoms with Crippen LogP contribution in [0.4, 0.5) is 0 Å². The van der Waals surface area contributed by atoms with E-state index in [4.69, 9.17) is 0 Å². The molecule has 0 aliphatic carbocycles. The minimum atomic E-state index is -3.45. The Morgan fingerprint density at radius 3 is 2.67 bits per heavy atom. The molecule has 1 heterocycles. The monoisotopic (exact) mass is 216 g/mol. The normalized spacial score (nSPS) is 10.8. The Morgan fingerprint density at radius 2 is 2.25 bits per heavy atom. The zero-order valence-electron chi connectivity index (χ0n) is 5.98. The molecule has 6 heteroatoms. The summed E-state index contributed by atoms with van der Waals surface area (Å²) < 4.78 is 27.0. The van der Waals surface area contributed by atoms with Gasteiger partial charge in [-0.05, 0) is 18.4 Å². The molecule has 0 saturated heterocycles. The van der Waals surface area contributed by atoms with Gasteiger partial charge in [0.05, 0.1) is 6.61 Å². The van der Waals surface area contributed by atoms with E-state index in [2.05, 4.69) is 4.18 Å². The summed E-state index contributed by atoms with van der Waals surface area (Å²) in [6.45, 7) is 1.82. The summed E-state index contributed by atoms with van der Waals surface area (Å²) in [6.07, 6.45) is 0. The fourth-order valence-corrected chi connectivity index (χ4v) is 2.52. The third kappa shape index (κ3) is 3.16. The van der Waals surface area contributed by atoms with Crippen LogP contribution in [-0.2, 0) is 14.3 Å². The van der Waals surface area contributed by atoms with Crippen LogP contribution in [0, 0.1) is 0 Å². The van der Waals surface area contributed by atoms with Crippen LogP contribution in [0.2, 0.25) is 0 Å². The fourth-order valence-electron chi connectivity index (χ4n) is 0.619. The molecule has 0 amide bonds. The molecule has 1 aromatic heterocycles. The molecule has 1 aromatic rings. The van der Waals surface area contributed by atoms with Crippen LogP contribution in [0.1, 0.15) is 6.92 Å². The van der Waals surface area contributed by atoms with Crippen LogP contribution in [-0.4, -0.2) is 44.6 Å². The summed E-state index contributed by atoms with van der Waals surface area (Å²) >= 11 is 1.16. The first kappa shape index (κ1) is 12.6. The first-order valence-corrected chi connectivity index (χ1v) is 5.38. The molecule has 12 heavy (non-hydrogen) atoms. The molecule has 0 N–H and O–H groups in total. The van der Waals surface area contributed by atoms with Gasteiger partial charge in [0.2, 0.25) is 0 Å². The van der Waals surface area contributed by atoms with E-state index in [1.54, 1.807) is 18.4 Å². The zero-order chi connectivity index (χ0) is 8.32. The van der Waals surface area contributed by atoms with Gasteiger partial charge in [-0.15, -0.1) is 11.3 Å². The summed E-state index contributed by atoms with van der Waals surface area (Å²) in [4.78, 5) is 0. The van der Waals surface area contributed by atoms with Gasteiger partial charge < -0.3 is 0 Å². The Labute approximate surface area is 98.2 Å². The molecule has 0 saturated carbocycles. The van der Waals surface area contributed by atoms with Gasteiger partial charge in [-0.25, -0.2) is 0 Å². The van der Waals surface area contributed by atoms with Crippen LogP contribution in [0.25, 0.3) is 0 Å². The van der Waals surface area contributed by atoms with Crippen molar-refractivity contribution in [2.45, 2.75) is 11.1 Å². The van der Waals surface area contributed by atoms with Crippen LogP contribution in [0.15, 0.2) is 21.7 Å². The summed E-state index contributed by atoms with van der Waals surface area (Å²) in [7, 11) is -3.45. The molecule has 0 bridgehead atoms. The van der Waals surface area contributed by atoms with Crippen LogP contribution in [0.3, 0.4) is 0 Å². The zero-order valence-corrected chi connectivity index (χ0v) is 7.61. The van der Waals surface area contributed by atoms with E-state index in [1.807, 2.05) is 0 Å². The molecular formula is C6H9NaO3S2. The van der Waals surface area contributed by atoms with E-state index in [0.717, 1.165) is 11.3 Å². The van der Waals surface area contributed by atoms with Gasteiger partial charge in [-0.3, -0.25) is 4.18 Å². The SMILES string of the molecule is CCOS(=O)(=O)c1cccs1.[NaH]. The molecule has 3 nitrogen and oxygen atoms in total. The van der Waals surface area contributed by atoms with Crippen molar-refractivity contribution in [3.63, 3.8) is 0 Å². The number of rotatable bonds is 3. The first-order valence-electron chi connectivity index (χ1n) is 3.10. The predicted molar refractivity (Wildman–Crippen MR) is 50.3 cm³/mol. The summed E-state index contributed by atoms with van der Waals surface area (Å²) in [6, 6.07) is 3.20. The Morgan fingerprint density at radius 1 is 1.58 bits per heavy atom. The van der Waals surface area contributed by atoms with Crippen molar-refractivity contribution < 1.29 is 12.6 Å². The fraction of sp³-hybridized carbons (Fsp3) is 0.333. The van der Waals surface area contributed by atoms with Gasteiger partial charge in [0.1, 0.15) is 4.21 Å². The summed E-state index contributed by atoms with van der Waals surface area (Å²) in [5.74, 6) is 0. The van der Waals surface area contributed by atoms with Crippen LogP contribution < -0.4 is 0 Å². The van der Waals surface area contributed by atoms with Crippen molar-refractivity contribution >= 4 is 51.0 Å². The second-order valence-corrected chi connectivity index (χ2v) is 4.58. The van der Waals surface area contributed by atoms with Crippen molar-refractivity contribution in [3.8, 4) is 0 Å². The summed E-state index contributed by atoms with van der Waals surface area (Å²) in [5.41, 5.74) is 0. The minimum absolute atomic E-state index is 0. The second kappa shape index (κ2) is 5.36. The van der Waals surface area contributed by atoms with E-state index in [-0.39, 0.29) is 40.4 Å². The number of thiophene rings is 1. The Hall–Kier alpha value is 0.610. The summed E-state index contributed by atoms with van der Waals surface area (Å²) in [5, 5.41) is 1.70. The van der Waals surface area contributed by atoms with Crippen molar-refractivity contribution in [1.29, 1.82) is 0 Å². The maximum absolute atomic E-state index is 11.1. The first-order chi connectivity index (χ1) is 5.17. The standard InChI is InChI=1S/C6H8O3S2.Na.H/c1-2-9-11(7,8)6-4-3-5-10-6;;/h3-5H,2H2,1H3;;. The van der Waals surface area contributed by atoms with E-state index >= 15 is 0 Å². The molecule has 0 radical (unpaired) electrons. The Balaban J connectivity index is 0.00000121. The van der Waals surface area contributed by atoms with Crippen molar-refractivity contribution in [3.05, 3.63) is 17.5 Å². The topological polar surface area (TPSA) is 43.4 Å². The molecule has 1 rings (SSSR count). The van der Waals surface area contributed by atoms with E-state index in [1.165, 1.54) is 6.07 Å². The third-order valence-corrected chi connectivity index (χ3v) is 3.75. The number of hydrogen-bond donors (Lipinski definition) is 0. The van der Waals surface area contributed by atoms with Gasteiger partial charge >= 0.3 is 39.7 Å². The molecular weight excluding hydrogens is 207 g/mol. The molecule has 0 aliphatic rings. The molecule has 64 valence electrons. The molecule has 0 aliphatic heterocycles. The average Bonchev–Trinajstić information content (AvgIpc) is 2.37. The molecule has 0 atom stereocenters. The number of hydrogen-bond acceptors (Lipinski definition) is 4. The average molecular weight is 216 g/mol. The molecule has 0 aromatic carbocycles. The van der Waals surface area contributed by atoms with Gasteiger partial charge in [-0.2, -0.15) is 8.42 Å².